The van der Waals surface area contributed by atoms with E-state index >= 15 is 0 Å². The molecule has 1 heterocycles. The van der Waals surface area contributed by atoms with E-state index in [0.717, 1.165) is 25.7 Å². The Kier molecular flexibility index (Phi) is 1.78. The summed E-state index contributed by atoms with van der Waals surface area (Å²) >= 11 is 0. The van der Waals surface area contributed by atoms with Gasteiger partial charge in [-0.3, -0.25) is 10.1 Å². The molecule has 0 aromatic heterocycles. The molecule has 1 saturated heterocycles. The second kappa shape index (κ2) is 2.72. The molecule has 0 bridgehead atoms. The van der Waals surface area contributed by atoms with Crippen molar-refractivity contribution in [2.24, 2.45) is 5.92 Å². The minimum Gasteiger partial charge on any atom is -0.323 e. The van der Waals surface area contributed by atoms with Crippen LogP contribution in [0, 0.1) is 5.92 Å². The van der Waals surface area contributed by atoms with E-state index in [-0.39, 0.29) is 11.9 Å². The Labute approximate surface area is 77.1 Å². The molecule has 4 heteroatoms. The van der Waals surface area contributed by atoms with Crippen LogP contribution in [0.2, 0.25) is 0 Å². The molecule has 0 spiro atoms. The second-order valence-electron chi connectivity index (χ2n) is 3.90. The predicted molar refractivity (Wildman–Crippen MR) is 47.0 cm³/mol. The molecule has 2 rings (SSSR count). The fourth-order valence-electron chi connectivity index (χ4n) is 2.14. The number of urea groups is 1. The first-order valence-electron chi connectivity index (χ1n) is 4.82. The van der Waals surface area contributed by atoms with Crippen LogP contribution in [0.4, 0.5) is 4.79 Å². The van der Waals surface area contributed by atoms with Crippen molar-refractivity contribution in [1.82, 2.24) is 10.6 Å². The van der Waals surface area contributed by atoms with Gasteiger partial charge in [0.15, 0.2) is 0 Å². The lowest BCUT2D eigenvalue weighted by atomic mass is 9.88. The molecular formula is C9H14N2O2. The summed E-state index contributed by atoms with van der Waals surface area (Å²) in [5.41, 5.74) is -0.564. The van der Waals surface area contributed by atoms with E-state index in [9.17, 15) is 9.59 Å². The Balaban J connectivity index is 2.21. The predicted octanol–water partition coefficient (Wildman–Crippen LogP) is 0.775. The molecular weight excluding hydrogens is 168 g/mol. The Morgan fingerprint density at radius 1 is 1.46 bits per heavy atom. The van der Waals surface area contributed by atoms with Crippen LogP contribution in [-0.2, 0) is 4.79 Å². The molecule has 2 aliphatic rings. The zero-order valence-corrected chi connectivity index (χ0v) is 7.72. The number of hydrogen-bond donors (Lipinski definition) is 2. The third-order valence-electron chi connectivity index (χ3n) is 2.89. The number of imide groups is 1. The van der Waals surface area contributed by atoms with Crippen molar-refractivity contribution in [1.29, 1.82) is 0 Å². The maximum atomic E-state index is 11.6. The lowest BCUT2D eigenvalue weighted by Crippen LogP contribution is -2.48. The van der Waals surface area contributed by atoms with E-state index in [2.05, 4.69) is 10.6 Å². The van der Waals surface area contributed by atoms with E-state index in [1.54, 1.807) is 0 Å². The van der Waals surface area contributed by atoms with Crippen molar-refractivity contribution < 1.29 is 9.59 Å². The van der Waals surface area contributed by atoms with Crippen LogP contribution < -0.4 is 10.6 Å². The topological polar surface area (TPSA) is 58.2 Å². The maximum absolute atomic E-state index is 11.6. The van der Waals surface area contributed by atoms with E-state index in [0.29, 0.717) is 5.92 Å². The number of amides is 3. The molecule has 72 valence electrons. The Morgan fingerprint density at radius 3 is 2.54 bits per heavy atom. The second-order valence-corrected chi connectivity index (χ2v) is 3.90. The summed E-state index contributed by atoms with van der Waals surface area (Å²) < 4.78 is 0. The summed E-state index contributed by atoms with van der Waals surface area (Å²) in [5, 5.41) is 5.11. The molecule has 0 radical (unpaired) electrons. The highest BCUT2D eigenvalue weighted by molar-refractivity contribution is 6.07. The van der Waals surface area contributed by atoms with Crippen molar-refractivity contribution in [2.75, 3.05) is 0 Å². The number of carbonyl (C=O) groups is 2. The van der Waals surface area contributed by atoms with E-state index in [1.165, 1.54) is 0 Å². The molecule has 3 amide bonds. The van der Waals surface area contributed by atoms with Gasteiger partial charge >= 0.3 is 6.03 Å². The van der Waals surface area contributed by atoms with Crippen LogP contribution in [-0.4, -0.2) is 17.5 Å². The normalized spacial score (nSPS) is 33.0. The molecule has 1 atom stereocenters. The average molecular weight is 182 g/mol. The van der Waals surface area contributed by atoms with Crippen LogP contribution in [0.5, 0.6) is 0 Å². The summed E-state index contributed by atoms with van der Waals surface area (Å²) in [6.07, 6.45) is 3.81. The molecule has 0 unspecified atom stereocenters. The molecule has 1 aliphatic carbocycles. The van der Waals surface area contributed by atoms with Gasteiger partial charge in [-0.1, -0.05) is 13.3 Å². The highest BCUT2D eigenvalue weighted by Gasteiger charge is 2.54. The first-order chi connectivity index (χ1) is 6.19. The van der Waals surface area contributed by atoms with Crippen molar-refractivity contribution in [3.05, 3.63) is 0 Å². The van der Waals surface area contributed by atoms with Crippen LogP contribution in [0.1, 0.15) is 32.6 Å². The number of hydrogen-bond acceptors (Lipinski definition) is 2. The molecule has 13 heavy (non-hydrogen) atoms. The smallest absolute Gasteiger partial charge is 0.322 e. The molecule has 4 nitrogen and oxygen atoms in total. The van der Waals surface area contributed by atoms with Crippen LogP contribution in [0.25, 0.3) is 0 Å². The third-order valence-corrected chi connectivity index (χ3v) is 2.89. The SMILES string of the molecule is CCC[C@]1(C2CC2)NC(=O)NC1=O. The fraction of sp³-hybridized carbons (Fsp3) is 0.778. The monoisotopic (exact) mass is 182 g/mol. The minimum absolute atomic E-state index is 0.123. The van der Waals surface area contributed by atoms with Gasteiger partial charge in [-0.15, -0.1) is 0 Å². The number of rotatable bonds is 3. The standard InChI is InChI=1S/C9H14N2O2/c1-2-5-9(6-3-4-6)7(12)10-8(13)11-9/h6H,2-5H2,1H3,(H2,10,11,12,13)/t9-/m1/s1. The largest absolute Gasteiger partial charge is 0.323 e. The van der Waals surface area contributed by atoms with Gasteiger partial charge < -0.3 is 5.32 Å². The number of carbonyl (C=O) groups excluding carboxylic acids is 2. The Hall–Kier alpha value is -1.06. The maximum Gasteiger partial charge on any atom is 0.322 e. The van der Waals surface area contributed by atoms with Crippen LogP contribution in [0.15, 0.2) is 0 Å². The Bertz CT molecular complexity index is 260. The van der Waals surface area contributed by atoms with Gasteiger partial charge in [-0.2, -0.15) is 0 Å². The highest BCUT2D eigenvalue weighted by atomic mass is 16.2. The fourth-order valence-corrected chi connectivity index (χ4v) is 2.14. The molecule has 1 aliphatic heterocycles. The van der Waals surface area contributed by atoms with Gasteiger partial charge in [0.1, 0.15) is 5.54 Å². The van der Waals surface area contributed by atoms with Crippen molar-refractivity contribution in [3.63, 3.8) is 0 Å². The van der Waals surface area contributed by atoms with Crippen molar-refractivity contribution in [2.45, 2.75) is 38.1 Å². The van der Waals surface area contributed by atoms with Crippen LogP contribution in [0.3, 0.4) is 0 Å². The molecule has 1 saturated carbocycles. The molecule has 2 fully saturated rings. The van der Waals surface area contributed by atoms with Gasteiger partial charge in [0, 0.05) is 0 Å². The lowest BCUT2D eigenvalue weighted by molar-refractivity contribution is -0.125. The minimum atomic E-state index is -0.564. The van der Waals surface area contributed by atoms with Gasteiger partial charge in [0.2, 0.25) is 0 Å². The van der Waals surface area contributed by atoms with E-state index in [1.807, 2.05) is 6.92 Å². The van der Waals surface area contributed by atoms with Crippen molar-refractivity contribution >= 4 is 11.9 Å². The molecule has 0 aromatic carbocycles. The van der Waals surface area contributed by atoms with E-state index in [4.69, 9.17) is 0 Å². The molecule has 2 N–H and O–H groups in total. The Morgan fingerprint density at radius 2 is 2.15 bits per heavy atom. The number of nitrogens with one attached hydrogen (secondary N) is 2. The summed E-state index contributed by atoms with van der Waals surface area (Å²) in [7, 11) is 0. The lowest BCUT2D eigenvalue weighted by Gasteiger charge is -2.24. The first-order valence-corrected chi connectivity index (χ1v) is 4.82. The van der Waals surface area contributed by atoms with Gasteiger partial charge in [0.25, 0.3) is 5.91 Å². The average Bonchev–Trinajstić information content (AvgIpc) is 2.82. The van der Waals surface area contributed by atoms with Crippen LogP contribution >= 0.6 is 0 Å². The molecule has 0 aromatic rings. The highest BCUT2D eigenvalue weighted by Crippen LogP contribution is 2.43. The van der Waals surface area contributed by atoms with Crippen molar-refractivity contribution in [3.8, 4) is 0 Å². The first kappa shape index (κ1) is 8.53. The summed E-state index contributed by atoms with van der Waals surface area (Å²) in [4.78, 5) is 22.6. The van der Waals surface area contributed by atoms with Gasteiger partial charge in [0.05, 0.1) is 0 Å². The van der Waals surface area contributed by atoms with Gasteiger partial charge in [-0.05, 0) is 25.2 Å². The summed E-state index contributed by atoms with van der Waals surface area (Å²) in [5.74, 6) is 0.251. The third kappa shape index (κ3) is 1.20. The zero-order chi connectivity index (χ0) is 9.47. The summed E-state index contributed by atoms with van der Waals surface area (Å²) in [6.45, 7) is 2.03. The quantitative estimate of drug-likeness (QED) is 0.633. The van der Waals surface area contributed by atoms with Gasteiger partial charge in [-0.25, -0.2) is 4.79 Å². The van der Waals surface area contributed by atoms with E-state index < -0.39 is 5.54 Å². The zero-order valence-electron chi connectivity index (χ0n) is 7.72. The summed E-state index contributed by atoms with van der Waals surface area (Å²) in [6, 6.07) is -0.328.